The lowest BCUT2D eigenvalue weighted by Gasteiger charge is -2.35. The average Bonchev–Trinajstić information content (AvgIpc) is 2.49. The molecule has 2 nitrogen and oxygen atoms in total. The topological polar surface area (TPSA) is 24.9 Å². The van der Waals surface area contributed by atoms with Gasteiger partial charge in [-0.2, -0.15) is 0 Å². The summed E-state index contributed by atoms with van der Waals surface area (Å²) in [5, 5.41) is 3.76. The molecule has 3 unspecified atom stereocenters. The predicted molar refractivity (Wildman–Crippen MR) is 81.0 cm³/mol. The van der Waals surface area contributed by atoms with Crippen LogP contribution in [0.15, 0.2) is 24.5 Å². The first kappa shape index (κ1) is 14.5. The maximum atomic E-state index is 4.31. The van der Waals surface area contributed by atoms with Crippen LogP contribution in [0.3, 0.4) is 0 Å². The van der Waals surface area contributed by atoms with Gasteiger partial charge in [-0.1, -0.05) is 39.2 Å². The highest BCUT2D eigenvalue weighted by Gasteiger charge is 2.28. The van der Waals surface area contributed by atoms with Crippen LogP contribution in [-0.2, 0) is 0 Å². The van der Waals surface area contributed by atoms with Gasteiger partial charge in [-0.25, -0.2) is 0 Å². The van der Waals surface area contributed by atoms with Crippen molar-refractivity contribution in [2.75, 3.05) is 6.54 Å². The molecule has 1 aliphatic rings. The Bertz CT molecular complexity index is 350. The summed E-state index contributed by atoms with van der Waals surface area (Å²) in [7, 11) is 0. The lowest BCUT2D eigenvalue weighted by atomic mass is 9.75. The minimum atomic E-state index is 0.503. The molecule has 1 aliphatic carbocycles. The molecule has 0 amide bonds. The van der Waals surface area contributed by atoms with Gasteiger partial charge in [-0.3, -0.25) is 4.98 Å². The maximum absolute atomic E-state index is 4.31. The number of hydrogen-bond donors (Lipinski definition) is 1. The van der Waals surface area contributed by atoms with E-state index in [0.717, 1.165) is 18.4 Å². The Kier molecular flexibility index (Phi) is 5.84. The average molecular weight is 260 g/mol. The summed E-state index contributed by atoms with van der Waals surface area (Å²) >= 11 is 0. The highest BCUT2D eigenvalue weighted by atomic mass is 14.9. The molecule has 0 spiro atoms. The Hall–Kier alpha value is -0.890. The van der Waals surface area contributed by atoms with Crippen molar-refractivity contribution in [2.24, 2.45) is 11.8 Å². The van der Waals surface area contributed by atoms with Crippen LogP contribution in [0.5, 0.6) is 0 Å². The fraction of sp³-hybridized carbons (Fsp3) is 0.706. The second-order valence-electron chi connectivity index (χ2n) is 5.92. The Morgan fingerprint density at radius 3 is 2.95 bits per heavy atom. The van der Waals surface area contributed by atoms with Gasteiger partial charge in [0.05, 0.1) is 0 Å². The van der Waals surface area contributed by atoms with Crippen LogP contribution in [0.4, 0.5) is 0 Å². The molecule has 106 valence electrons. The van der Waals surface area contributed by atoms with Crippen LogP contribution in [0.2, 0.25) is 0 Å². The Morgan fingerprint density at radius 1 is 1.37 bits per heavy atom. The van der Waals surface area contributed by atoms with E-state index in [4.69, 9.17) is 0 Å². The van der Waals surface area contributed by atoms with E-state index in [1.807, 2.05) is 12.4 Å². The van der Waals surface area contributed by atoms with E-state index in [0.29, 0.717) is 6.04 Å². The van der Waals surface area contributed by atoms with Crippen molar-refractivity contribution >= 4 is 0 Å². The van der Waals surface area contributed by atoms with Gasteiger partial charge in [0.25, 0.3) is 0 Å². The number of nitrogens with zero attached hydrogens (tertiary/aromatic N) is 1. The minimum absolute atomic E-state index is 0.503. The lowest BCUT2D eigenvalue weighted by molar-refractivity contribution is 0.209. The lowest BCUT2D eigenvalue weighted by Crippen LogP contribution is -2.32. The molecule has 0 aliphatic heterocycles. The molecule has 1 aromatic rings. The fourth-order valence-corrected chi connectivity index (χ4v) is 3.42. The van der Waals surface area contributed by atoms with Gasteiger partial charge >= 0.3 is 0 Å². The number of nitrogens with one attached hydrogen (secondary N) is 1. The SMILES string of the molecule is CCCNC(c1cccnc1)C1CCCC(CC)C1. The zero-order valence-corrected chi connectivity index (χ0v) is 12.4. The number of aromatic nitrogens is 1. The van der Waals surface area contributed by atoms with Crippen molar-refractivity contribution in [1.29, 1.82) is 0 Å². The zero-order valence-electron chi connectivity index (χ0n) is 12.4. The van der Waals surface area contributed by atoms with E-state index in [1.165, 1.54) is 44.1 Å². The monoisotopic (exact) mass is 260 g/mol. The standard InChI is InChI=1S/C17H28N2/c1-3-10-19-17(16-9-6-11-18-13-16)15-8-5-7-14(4-2)12-15/h6,9,11,13-15,17,19H,3-5,7-8,10,12H2,1-2H3. The maximum Gasteiger partial charge on any atom is 0.0364 e. The van der Waals surface area contributed by atoms with E-state index in [1.54, 1.807) is 0 Å². The first-order chi connectivity index (χ1) is 9.35. The van der Waals surface area contributed by atoms with Crippen molar-refractivity contribution in [2.45, 2.75) is 58.4 Å². The van der Waals surface area contributed by atoms with Gasteiger partial charge in [0, 0.05) is 18.4 Å². The molecular weight excluding hydrogens is 232 g/mol. The van der Waals surface area contributed by atoms with Gasteiger partial charge < -0.3 is 5.32 Å². The molecule has 0 saturated heterocycles. The summed E-state index contributed by atoms with van der Waals surface area (Å²) in [5.74, 6) is 1.72. The Balaban J connectivity index is 2.08. The number of pyridine rings is 1. The fourth-order valence-electron chi connectivity index (χ4n) is 3.42. The molecular formula is C17H28N2. The Labute approximate surface area is 118 Å². The largest absolute Gasteiger partial charge is 0.310 e. The smallest absolute Gasteiger partial charge is 0.0364 e. The Morgan fingerprint density at radius 2 is 2.26 bits per heavy atom. The van der Waals surface area contributed by atoms with Crippen molar-refractivity contribution < 1.29 is 0 Å². The van der Waals surface area contributed by atoms with E-state index in [9.17, 15) is 0 Å². The van der Waals surface area contributed by atoms with E-state index < -0.39 is 0 Å². The third-order valence-corrected chi connectivity index (χ3v) is 4.53. The van der Waals surface area contributed by atoms with Gasteiger partial charge in [0.2, 0.25) is 0 Å². The summed E-state index contributed by atoms with van der Waals surface area (Å²) in [5.41, 5.74) is 1.37. The van der Waals surface area contributed by atoms with Crippen LogP contribution in [-0.4, -0.2) is 11.5 Å². The van der Waals surface area contributed by atoms with Crippen LogP contribution < -0.4 is 5.32 Å². The van der Waals surface area contributed by atoms with Crippen LogP contribution >= 0.6 is 0 Å². The van der Waals surface area contributed by atoms with Crippen molar-refractivity contribution in [3.63, 3.8) is 0 Å². The third kappa shape index (κ3) is 4.04. The molecule has 1 heterocycles. The molecule has 1 fully saturated rings. The van der Waals surface area contributed by atoms with Gasteiger partial charge in [0.1, 0.15) is 0 Å². The summed E-state index contributed by atoms with van der Waals surface area (Å²) in [6.45, 7) is 5.68. The third-order valence-electron chi connectivity index (χ3n) is 4.53. The summed E-state index contributed by atoms with van der Waals surface area (Å²) in [4.78, 5) is 4.31. The quantitative estimate of drug-likeness (QED) is 0.823. The van der Waals surface area contributed by atoms with Gasteiger partial charge in [-0.05, 0) is 49.3 Å². The van der Waals surface area contributed by atoms with E-state index >= 15 is 0 Å². The first-order valence-electron chi connectivity index (χ1n) is 7.98. The first-order valence-corrected chi connectivity index (χ1v) is 7.98. The molecule has 1 aromatic heterocycles. The van der Waals surface area contributed by atoms with Crippen LogP contribution in [0.1, 0.15) is 64.0 Å². The molecule has 0 radical (unpaired) electrons. The summed E-state index contributed by atoms with van der Waals surface area (Å²) < 4.78 is 0. The van der Waals surface area contributed by atoms with Crippen LogP contribution in [0.25, 0.3) is 0 Å². The molecule has 2 rings (SSSR count). The molecule has 19 heavy (non-hydrogen) atoms. The molecule has 1 N–H and O–H groups in total. The van der Waals surface area contributed by atoms with Gasteiger partial charge in [0.15, 0.2) is 0 Å². The van der Waals surface area contributed by atoms with Crippen molar-refractivity contribution in [1.82, 2.24) is 10.3 Å². The molecule has 0 aromatic carbocycles. The van der Waals surface area contributed by atoms with Crippen LogP contribution in [0, 0.1) is 11.8 Å². The highest BCUT2D eigenvalue weighted by molar-refractivity contribution is 5.15. The number of hydrogen-bond acceptors (Lipinski definition) is 2. The zero-order chi connectivity index (χ0) is 13.5. The predicted octanol–water partition coefficient (Wildman–Crippen LogP) is 4.34. The van der Waals surface area contributed by atoms with Crippen molar-refractivity contribution in [3.05, 3.63) is 30.1 Å². The van der Waals surface area contributed by atoms with Gasteiger partial charge in [-0.15, -0.1) is 0 Å². The molecule has 0 bridgehead atoms. The highest BCUT2D eigenvalue weighted by Crippen LogP contribution is 2.38. The normalized spacial score (nSPS) is 25.2. The molecule has 3 atom stereocenters. The second-order valence-corrected chi connectivity index (χ2v) is 5.92. The number of rotatable bonds is 6. The minimum Gasteiger partial charge on any atom is -0.310 e. The molecule has 2 heteroatoms. The second kappa shape index (κ2) is 7.64. The van der Waals surface area contributed by atoms with E-state index in [2.05, 4.69) is 36.3 Å². The van der Waals surface area contributed by atoms with Crippen molar-refractivity contribution in [3.8, 4) is 0 Å². The van der Waals surface area contributed by atoms with E-state index in [-0.39, 0.29) is 0 Å². The molecule has 1 saturated carbocycles. The summed E-state index contributed by atoms with van der Waals surface area (Å²) in [6.07, 6.45) is 12.0. The summed E-state index contributed by atoms with van der Waals surface area (Å²) in [6, 6.07) is 4.80.